The fraction of sp³-hybridized carbons (Fsp3) is 0.400. The number of hydrogen-bond acceptors (Lipinski definition) is 6. The van der Waals surface area contributed by atoms with Gasteiger partial charge < -0.3 is 15.0 Å². The van der Waals surface area contributed by atoms with Gasteiger partial charge in [-0.25, -0.2) is 9.97 Å². The highest BCUT2D eigenvalue weighted by Crippen LogP contribution is 2.29. The number of benzene rings is 1. The van der Waals surface area contributed by atoms with Crippen LogP contribution in [0, 0.1) is 0 Å². The summed E-state index contributed by atoms with van der Waals surface area (Å²) in [4.78, 5) is 10.9. The summed E-state index contributed by atoms with van der Waals surface area (Å²) in [5.41, 5.74) is 1.47. The molecular formula is C20H25ClN4OS. The topological polar surface area (TPSA) is 50.3 Å². The van der Waals surface area contributed by atoms with Gasteiger partial charge in [-0.15, -0.1) is 23.7 Å². The van der Waals surface area contributed by atoms with Crippen molar-refractivity contribution in [1.82, 2.24) is 15.3 Å². The molecule has 27 heavy (non-hydrogen) atoms. The van der Waals surface area contributed by atoms with Crippen LogP contribution in [0.15, 0.2) is 42.2 Å². The highest BCUT2D eigenvalue weighted by atomic mass is 35.5. The largest absolute Gasteiger partial charge is 0.491 e. The van der Waals surface area contributed by atoms with Crippen LogP contribution in [-0.4, -0.2) is 42.8 Å². The minimum atomic E-state index is 0. The molecule has 7 heteroatoms. The lowest BCUT2D eigenvalue weighted by molar-refractivity contribution is 0.397. The zero-order chi connectivity index (χ0) is 17.8. The van der Waals surface area contributed by atoms with Gasteiger partial charge in [-0.3, -0.25) is 0 Å². The number of fused-ring (bicyclic) bond motifs is 1. The number of piperazine rings is 1. The lowest BCUT2D eigenvalue weighted by Gasteiger charge is -2.37. The van der Waals surface area contributed by atoms with Crippen molar-refractivity contribution in [3.05, 3.63) is 47.7 Å². The number of nitrogens with one attached hydrogen (secondary N) is 1. The second-order valence-electron chi connectivity index (χ2n) is 6.62. The van der Waals surface area contributed by atoms with E-state index in [0.717, 1.165) is 50.5 Å². The van der Waals surface area contributed by atoms with Crippen molar-refractivity contribution in [2.75, 3.05) is 31.6 Å². The predicted octanol–water partition coefficient (Wildman–Crippen LogP) is 3.92. The number of methoxy groups -OCH3 is 1. The minimum Gasteiger partial charge on any atom is -0.491 e. The van der Waals surface area contributed by atoms with E-state index in [1.165, 1.54) is 15.6 Å². The summed E-state index contributed by atoms with van der Waals surface area (Å²) in [6.45, 7) is 2.90. The molecule has 3 heterocycles. The van der Waals surface area contributed by atoms with Gasteiger partial charge in [0.2, 0.25) is 0 Å². The molecule has 1 unspecified atom stereocenters. The Bertz CT molecular complexity index is 872. The van der Waals surface area contributed by atoms with E-state index < -0.39 is 0 Å². The van der Waals surface area contributed by atoms with Crippen LogP contribution in [-0.2, 0) is 6.42 Å². The molecule has 0 amide bonds. The van der Waals surface area contributed by atoms with Gasteiger partial charge in [-0.05, 0) is 41.7 Å². The summed E-state index contributed by atoms with van der Waals surface area (Å²) < 4.78 is 6.86. The first-order valence-corrected chi connectivity index (χ1v) is 10.0. The first-order valence-electron chi connectivity index (χ1n) is 9.13. The maximum absolute atomic E-state index is 5.47. The highest BCUT2D eigenvalue weighted by molar-refractivity contribution is 7.17. The van der Waals surface area contributed by atoms with Gasteiger partial charge in [0.15, 0.2) is 11.6 Å². The third kappa shape index (κ3) is 4.34. The number of nitrogens with zero attached hydrogens (tertiary/aromatic N) is 3. The number of aromatic nitrogens is 2. The quantitative estimate of drug-likeness (QED) is 0.674. The van der Waals surface area contributed by atoms with Crippen LogP contribution in [0.25, 0.3) is 10.1 Å². The van der Waals surface area contributed by atoms with Crippen molar-refractivity contribution in [2.45, 2.75) is 25.3 Å². The normalized spacial score (nSPS) is 16.9. The molecule has 1 atom stereocenters. The Kier molecular flexibility index (Phi) is 6.88. The van der Waals surface area contributed by atoms with Gasteiger partial charge >= 0.3 is 0 Å². The van der Waals surface area contributed by atoms with Gasteiger partial charge in [0.25, 0.3) is 0 Å². The second-order valence-corrected chi connectivity index (χ2v) is 7.53. The smallest absolute Gasteiger partial charge is 0.179 e. The molecule has 0 spiro atoms. The van der Waals surface area contributed by atoms with Crippen molar-refractivity contribution < 1.29 is 4.74 Å². The molecule has 0 aliphatic carbocycles. The van der Waals surface area contributed by atoms with Crippen LogP contribution in [0.2, 0.25) is 0 Å². The van der Waals surface area contributed by atoms with E-state index in [9.17, 15) is 0 Å². The number of aryl methyl sites for hydroxylation is 1. The molecule has 1 aliphatic rings. The molecular weight excluding hydrogens is 380 g/mol. The van der Waals surface area contributed by atoms with Crippen molar-refractivity contribution in [3.8, 4) is 5.75 Å². The summed E-state index contributed by atoms with van der Waals surface area (Å²) in [5, 5.41) is 7.25. The SMILES string of the molecule is COc1cncnc1N1CCNCC1CCCc1csc2ccccc12.Cl. The first-order chi connectivity index (χ1) is 12.9. The Morgan fingerprint density at radius 3 is 3.11 bits per heavy atom. The molecule has 4 rings (SSSR count). The maximum atomic E-state index is 5.47. The number of hydrogen-bond donors (Lipinski definition) is 1. The summed E-state index contributed by atoms with van der Waals surface area (Å²) in [7, 11) is 1.68. The van der Waals surface area contributed by atoms with E-state index in [0.29, 0.717) is 6.04 Å². The highest BCUT2D eigenvalue weighted by Gasteiger charge is 2.25. The Labute approximate surface area is 170 Å². The zero-order valence-electron chi connectivity index (χ0n) is 15.4. The fourth-order valence-corrected chi connectivity index (χ4v) is 4.72. The third-order valence-electron chi connectivity index (χ3n) is 5.05. The predicted molar refractivity (Wildman–Crippen MR) is 115 cm³/mol. The molecule has 0 radical (unpaired) electrons. The molecule has 1 aromatic carbocycles. The van der Waals surface area contributed by atoms with Crippen LogP contribution in [0.4, 0.5) is 5.82 Å². The Balaban J connectivity index is 0.00000210. The van der Waals surface area contributed by atoms with E-state index in [1.807, 2.05) is 11.3 Å². The van der Waals surface area contributed by atoms with Gasteiger partial charge in [0.1, 0.15) is 6.33 Å². The first kappa shape index (κ1) is 19.9. The molecule has 2 aromatic heterocycles. The van der Waals surface area contributed by atoms with Crippen LogP contribution in [0.3, 0.4) is 0 Å². The molecule has 1 aliphatic heterocycles. The Hall–Kier alpha value is -1.89. The lowest BCUT2D eigenvalue weighted by atomic mass is 10.0. The lowest BCUT2D eigenvalue weighted by Crippen LogP contribution is -2.51. The van der Waals surface area contributed by atoms with Gasteiger partial charge in [0.05, 0.1) is 13.3 Å². The standard InChI is InChI=1S/C20H24N4OS.ClH/c1-25-18-12-22-14-23-20(18)24-10-9-21-11-16(24)6-4-5-15-13-26-19-8-3-2-7-17(15)19;/h2-3,7-8,12-14,16,21H,4-6,9-11H2,1H3;1H. The molecule has 144 valence electrons. The molecule has 1 fully saturated rings. The van der Waals surface area contributed by atoms with Gasteiger partial charge in [0, 0.05) is 30.4 Å². The van der Waals surface area contributed by atoms with Crippen molar-refractivity contribution >= 4 is 39.6 Å². The molecule has 1 N–H and O–H groups in total. The summed E-state index contributed by atoms with van der Waals surface area (Å²) in [6.07, 6.45) is 6.77. The van der Waals surface area contributed by atoms with Gasteiger partial charge in [-0.2, -0.15) is 0 Å². The Morgan fingerprint density at radius 2 is 2.22 bits per heavy atom. The summed E-state index contributed by atoms with van der Waals surface area (Å²) >= 11 is 1.85. The molecule has 5 nitrogen and oxygen atoms in total. The summed E-state index contributed by atoms with van der Waals surface area (Å²) in [5.74, 6) is 1.67. The molecule has 1 saturated heterocycles. The number of halogens is 1. The number of anilines is 1. The number of rotatable bonds is 6. The Morgan fingerprint density at radius 1 is 1.33 bits per heavy atom. The van der Waals surface area contributed by atoms with Crippen molar-refractivity contribution in [3.63, 3.8) is 0 Å². The minimum absolute atomic E-state index is 0. The van der Waals surface area contributed by atoms with E-state index in [-0.39, 0.29) is 12.4 Å². The molecule has 3 aromatic rings. The average Bonchev–Trinajstić information content (AvgIpc) is 3.12. The molecule has 0 bridgehead atoms. The van der Waals surface area contributed by atoms with Crippen LogP contribution in [0.5, 0.6) is 5.75 Å². The number of thiophene rings is 1. The monoisotopic (exact) mass is 404 g/mol. The van der Waals surface area contributed by atoms with Crippen molar-refractivity contribution in [1.29, 1.82) is 0 Å². The van der Waals surface area contributed by atoms with E-state index >= 15 is 0 Å². The summed E-state index contributed by atoms with van der Waals surface area (Å²) in [6, 6.07) is 9.12. The zero-order valence-corrected chi connectivity index (χ0v) is 17.1. The van der Waals surface area contributed by atoms with E-state index in [4.69, 9.17) is 4.74 Å². The van der Waals surface area contributed by atoms with E-state index in [2.05, 4.69) is 49.8 Å². The fourth-order valence-electron chi connectivity index (χ4n) is 3.72. The van der Waals surface area contributed by atoms with E-state index in [1.54, 1.807) is 19.6 Å². The van der Waals surface area contributed by atoms with Gasteiger partial charge in [-0.1, -0.05) is 18.2 Å². The maximum Gasteiger partial charge on any atom is 0.179 e. The average molecular weight is 405 g/mol. The van der Waals surface area contributed by atoms with Crippen LogP contribution in [0.1, 0.15) is 18.4 Å². The molecule has 0 saturated carbocycles. The third-order valence-corrected chi connectivity index (χ3v) is 6.06. The number of ether oxygens (including phenoxy) is 1. The van der Waals surface area contributed by atoms with Crippen LogP contribution >= 0.6 is 23.7 Å². The second kappa shape index (κ2) is 9.35. The van der Waals surface area contributed by atoms with Crippen LogP contribution < -0.4 is 15.0 Å². The van der Waals surface area contributed by atoms with Crippen molar-refractivity contribution in [2.24, 2.45) is 0 Å².